The molecule has 2 heterocycles. The van der Waals surface area contributed by atoms with Crippen LogP contribution in [0.2, 0.25) is 0 Å². The van der Waals surface area contributed by atoms with Crippen LogP contribution in [0, 0.1) is 0 Å². The predicted molar refractivity (Wildman–Crippen MR) is 139 cm³/mol. The molecule has 1 aromatic heterocycles. The maximum absolute atomic E-state index is 12.8. The van der Waals surface area contributed by atoms with E-state index < -0.39 is 0 Å². The van der Waals surface area contributed by atoms with Gasteiger partial charge in [0.15, 0.2) is 0 Å². The van der Waals surface area contributed by atoms with E-state index in [1.165, 1.54) is 11.1 Å². The Hall–Kier alpha value is -3.44. The number of hydrogen-bond acceptors (Lipinski definition) is 4. The van der Waals surface area contributed by atoms with Gasteiger partial charge in [-0.1, -0.05) is 42.0 Å². The molecule has 5 heteroatoms. The molecule has 34 heavy (non-hydrogen) atoms. The summed E-state index contributed by atoms with van der Waals surface area (Å²) in [4.78, 5) is 21.6. The fourth-order valence-electron chi connectivity index (χ4n) is 4.70. The molecule has 0 spiro atoms. The Morgan fingerprint density at radius 1 is 0.912 bits per heavy atom. The molecule has 0 radical (unpaired) electrons. The van der Waals surface area contributed by atoms with Crippen LogP contribution in [0.3, 0.4) is 0 Å². The van der Waals surface area contributed by atoms with Crippen LogP contribution < -0.4 is 5.73 Å². The van der Waals surface area contributed by atoms with E-state index in [1.54, 1.807) is 0 Å². The number of rotatable bonds is 7. The number of amides is 1. The molecule has 4 rings (SSSR count). The van der Waals surface area contributed by atoms with Gasteiger partial charge < -0.3 is 10.6 Å². The Labute approximate surface area is 202 Å². The van der Waals surface area contributed by atoms with Crippen LogP contribution in [0.5, 0.6) is 0 Å². The largest absolute Gasteiger partial charge is 0.398 e. The lowest BCUT2D eigenvalue weighted by Crippen LogP contribution is -2.31. The van der Waals surface area contributed by atoms with Gasteiger partial charge in [0.2, 0.25) is 0 Å². The number of carbonyl (C=O) groups is 1. The lowest BCUT2D eigenvalue weighted by atomic mass is 9.87. The third kappa shape index (κ3) is 5.37. The monoisotopic (exact) mass is 454 g/mol. The maximum Gasteiger partial charge on any atom is 0.253 e. The van der Waals surface area contributed by atoms with Crippen molar-refractivity contribution < 1.29 is 4.79 Å². The van der Waals surface area contributed by atoms with E-state index in [1.807, 2.05) is 67.4 Å². The highest BCUT2D eigenvalue weighted by Crippen LogP contribution is 2.35. The summed E-state index contributed by atoms with van der Waals surface area (Å²) in [5.74, 6) is 0.0767. The summed E-state index contributed by atoms with van der Waals surface area (Å²) in [6.45, 7) is 8.29. The Balaban J connectivity index is 1.62. The molecule has 1 aliphatic rings. The minimum absolute atomic E-state index is 0.0767. The molecule has 1 saturated heterocycles. The summed E-state index contributed by atoms with van der Waals surface area (Å²) in [5, 5.41) is 0. The van der Waals surface area contributed by atoms with Crippen molar-refractivity contribution in [3.05, 3.63) is 101 Å². The second-order valence-corrected chi connectivity index (χ2v) is 8.72. The first kappa shape index (κ1) is 23.7. The van der Waals surface area contributed by atoms with Crippen molar-refractivity contribution in [1.29, 1.82) is 0 Å². The lowest BCUT2D eigenvalue weighted by molar-refractivity contribution is 0.0773. The van der Waals surface area contributed by atoms with Crippen LogP contribution in [0.25, 0.3) is 5.57 Å². The highest BCUT2D eigenvalue weighted by Gasteiger charge is 2.21. The van der Waals surface area contributed by atoms with Crippen molar-refractivity contribution in [2.24, 2.45) is 0 Å². The van der Waals surface area contributed by atoms with Crippen LogP contribution in [-0.4, -0.2) is 46.9 Å². The molecule has 2 N–H and O–H groups in total. The van der Waals surface area contributed by atoms with Gasteiger partial charge in [0.1, 0.15) is 0 Å². The molecule has 0 bridgehead atoms. The van der Waals surface area contributed by atoms with E-state index >= 15 is 0 Å². The van der Waals surface area contributed by atoms with Crippen molar-refractivity contribution in [3.8, 4) is 0 Å². The van der Waals surface area contributed by atoms with Crippen LogP contribution >= 0.6 is 0 Å². The lowest BCUT2D eigenvalue weighted by Gasteiger charge is -2.30. The minimum Gasteiger partial charge on any atom is -0.398 e. The third-order valence-corrected chi connectivity index (χ3v) is 6.63. The number of benzene rings is 2. The summed E-state index contributed by atoms with van der Waals surface area (Å²) in [5.41, 5.74) is 13.9. The summed E-state index contributed by atoms with van der Waals surface area (Å²) in [6.07, 6.45) is 3.82. The summed E-state index contributed by atoms with van der Waals surface area (Å²) in [6, 6.07) is 22.2. The minimum atomic E-state index is 0.0767. The summed E-state index contributed by atoms with van der Waals surface area (Å²) < 4.78 is 0. The van der Waals surface area contributed by atoms with Gasteiger partial charge in [0.05, 0.1) is 5.69 Å². The quantitative estimate of drug-likeness (QED) is 0.496. The summed E-state index contributed by atoms with van der Waals surface area (Å²) >= 11 is 0. The number of piperidine rings is 1. The van der Waals surface area contributed by atoms with E-state index in [0.717, 1.165) is 60.5 Å². The average molecular weight is 455 g/mol. The first-order valence-electron chi connectivity index (χ1n) is 12.2. The number of hydrogen-bond donors (Lipinski definition) is 1. The van der Waals surface area contributed by atoms with Crippen LogP contribution in [0.4, 0.5) is 5.69 Å². The number of aromatic nitrogens is 1. The molecule has 0 unspecified atom stereocenters. The number of nitrogen functional groups attached to an aromatic ring is 1. The predicted octanol–water partition coefficient (Wildman–Crippen LogP) is 5.24. The van der Waals surface area contributed by atoms with Crippen molar-refractivity contribution in [2.45, 2.75) is 33.2 Å². The molecule has 1 fully saturated rings. The first-order chi connectivity index (χ1) is 16.6. The Kier molecular flexibility index (Phi) is 7.76. The van der Waals surface area contributed by atoms with E-state index in [9.17, 15) is 4.79 Å². The first-order valence-corrected chi connectivity index (χ1v) is 12.2. The topological polar surface area (TPSA) is 62.5 Å². The number of nitrogens with zero attached hydrogens (tertiary/aromatic N) is 3. The van der Waals surface area contributed by atoms with Gasteiger partial charge in [-0.2, -0.15) is 0 Å². The fourth-order valence-corrected chi connectivity index (χ4v) is 4.70. The highest BCUT2D eigenvalue weighted by molar-refractivity contribution is 5.95. The second-order valence-electron chi connectivity index (χ2n) is 8.72. The Morgan fingerprint density at radius 2 is 1.56 bits per heavy atom. The molecular weight excluding hydrogens is 420 g/mol. The van der Waals surface area contributed by atoms with E-state index in [4.69, 9.17) is 5.73 Å². The van der Waals surface area contributed by atoms with Crippen LogP contribution in [0.1, 0.15) is 53.9 Å². The molecule has 1 amide bonds. The SMILES string of the molecule is CCN(CC)C(=O)c1ccc(C(=C2CCN(Cc3ccccn3)CC2)c2ccccc2N)cc1. The van der Waals surface area contributed by atoms with Gasteiger partial charge in [-0.15, -0.1) is 0 Å². The van der Waals surface area contributed by atoms with E-state index in [2.05, 4.69) is 34.1 Å². The van der Waals surface area contributed by atoms with Gasteiger partial charge in [-0.05, 0) is 68.2 Å². The van der Waals surface area contributed by atoms with Gasteiger partial charge in [0, 0.05) is 55.7 Å². The third-order valence-electron chi connectivity index (χ3n) is 6.63. The zero-order chi connectivity index (χ0) is 23.9. The molecule has 0 saturated carbocycles. The van der Waals surface area contributed by atoms with E-state index in [0.29, 0.717) is 13.1 Å². The maximum atomic E-state index is 12.8. The number of pyridine rings is 1. The molecule has 176 valence electrons. The molecule has 0 atom stereocenters. The van der Waals surface area contributed by atoms with E-state index in [-0.39, 0.29) is 5.91 Å². The average Bonchev–Trinajstić information content (AvgIpc) is 2.88. The van der Waals surface area contributed by atoms with Gasteiger partial charge in [0.25, 0.3) is 5.91 Å². The normalized spacial score (nSPS) is 14.1. The van der Waals surface area contributed by atoms with Gasteiger partial charge in [-0.25, -0.2) is 0 Å². The second kappa shape index (κ2) is 11.1. The number of anilines is 1. The van der Waals surface area contributed by atoms with Crippen molar-refractivity contribution in [2.75, 3.05) is 31.9 Å². The number of likely N-dealkylation sites (tertiary alicyclic amines) is 1. The molecular formula is C29H34N4O. The zero-order valence-electron chi connectivity index (χ0n) is 20.2. The van der Waals surface area contributed by atoms with Crippen LogP contribution in [-0.2, 0) is 6.54 Å². The summed E-state index contributed by atoms with van der Waals surface area (Å²) in [7, 11) is 0. The van der Waals surface area contributed by atoms with Crippen molar-refractivity contribution in [1.82, 2.24) is 14.8 Å². The number of nitrogens with two attached hydrogens (primary N) is 1. The molecule has 0 aliphatic carbocycles. The zero-order valence-corrected chi connectivity index (χ0v) is 20.2. The molecule has 2 aromatic carbocycles. The van der Waals surface area contributed by atoms with Crippen LogP contribution in [0.15, 0.2) is 78.5 Å². The van der Waals surface area contributed by atoms with Gasteiger partial charge >= 0.3 is 0 Å². The highest BCUT2D eigenvalue weighted by atomic mass is 16.2. The molecule has 3 aromatic rings. The van der Waals surface area contributed by atoms with Crippen molar-refractivity contribution in [3.63, 3.8) is 0 Å². The Morgan fingerprint density at radius 3 is 2.18 bits per heavy atom. The molecule has 1 aliphatic heterocycles. The molecule has 5 nitrogen and oxygen atoms in total. The number of carbonyl (C=O) groups excluding carboxylic acids is 1. The number of para-hydroxylation sites is 1. The van der Waals surface area contributed by atoms with Crippen molar-refractivity contribution >= 4 is 17.2 Å². The standard InChI is InChI=1S/C29H34N4O/c1-3-33(4-2)29(34)24-14-12-22(13-15-24)28(26-10-5-6-11-27(26)30)23-16-19-32(20-17-23)21-25-9-7-8-18-31-25/h5-15,18H,3-4,16-17,19-21,30H2,1-2H3. The fraction of sp³-hybridized carbons (Fsp3) is 0.310. The smallest absolute Gasteiger partial charge is 0.253 e. The Bertz CT molecular complexity index is 1120. The van der Waals surface area contributed by atoms with Gasteiger partial charge in [-0.3, -0.25) is 14.7 Å².